The summed E-state index contributed by atoms with van der Waals surface area (Å²) >= 11 is 0. The zero-order valence-electron chi connectivity index (χ0n) is 15.6. The molecule has 0 fully saturated rings. The van der Waals surface area contributed by atoms with Crippen LogP contribution in [0.5, 0.6) is 23.0 Å². The molecule has 0 heterocycles. The Kier molecular flexibility index (Phi) is 5.47. The minimum atomic E-state index is 0.475. The molecule has 0 aromatic heterocycles. The van der Waals surface area contributed by atoms with Crippen LogP contribution in [0, 0.1) is 0 Å². The zero-order valence-corrected chi connectivity index (χ0v) is 15.6. The highest BCUT2D eigenvalue weighted by molar-refractivity contribution is 6.09. The monoisotopic (exact) mass is 378 g/mol. The number of hydrogen-bond donors (Lipinski definition) is 0. The number of benzene rings is 4. The standard InChI is InChI=1S/C25H18N2O2/c26-27-25(19-11-15-23(16-12-19)28-21-7-3-1-4-8-21)20-13-17-24(18-14-20)29-22-9-5-2-6-10-22/h1-18H. The van der Waals surface area contributed by atoms with Gasteiger partial charge in [0.2, 0.25) is 0 Å². The fourth-order valence-corrected chi connectivity index (χ4v) is 2.89. The SMILES string of the molecule is [N-]=[N+]=C(c1ccc(Oc2ccccc2)cc1)c1ccc(Oc2ccccc2)cc1. The highest BCUT2D eigenvalue weighted by Gasteiger charge is 2.15. The molecule has 0 bridgehead atoms. The van der Waals surface area contributed by atoms with Crippen LogP contribution < -0.4 is 9.47 Å². The summed E-state index contributed by atoms with van der Waals surface area (Å²) in [5, 5.41) is 0. The molecule has 0 unspecified atom stereocenters. The quantitative estimate of drug-likeness (QED) is 0.223. The molecular weight excluding hydrogens is 360 g/mol. The Morgan fingerprint density at radius 1 is 0.483 bits per heavy atom. The largest absolute Gasteiger partial charge is 0.457 e. The first-order valence-corrected chi connectivity index (χ1v) is 9.20. The van der Waals surface area contributed by atoms with Crippen molar-refractivity contribution in [2.24, 2.45) is 0 Å². The summed E-state index contributed by atoms with van der Waals surface area (Å²) in [6, 6.07) is 34.0. The number of hydrogen-bond acceptors (Lipinski definition) is 2. The lowest BCUT2D eigenvalue weighted by atomic mass is 10.0. The number of rotatable bonds is 6. The molecule has 140 valence electrons. The minimum Gasteiger partial charge on any atom is -0.457 e. The summed E-state index contributed by atoms with van der Waals surface area (Å²) in [5.41, 5.74) is 11.6. The summed E-state index contributed by atoms with van der Waals surface area (Å²) in [5.74, 6) is 2.96. The van der Waals surface area contributed by atoms with E-state index < -0.39 is 0 Å². The lowest BCUT2D eigenvalue weighted by molar-refractivity contribution is -0.00279. The van der Waals surface area contributed by atoms with Gasteiger partial charge in [-0.25, -0.2) is 0 Å². The molecule has 0 saturated heterocycles. The Morgan fingerprint density at radius 2 is 0.828 bits per heavy atom. The Bertz CT molecular complexity index is 1030. The summed E-state index contributed by atoms with van der Waals surface area (Å²) < 4.78 is 11.6. The van der Waals surface area contributed by atoms with Gasteiger partial charge in [-0.2, -0.15) is 4.79 Å². The molecular formula is C25H18N2O2. The lowest BCUT2D eigenvalue weighted by Gasteiger charge is -2.07. The third kappa shape index (κ3) is 4.59. The van der Waals surface area contributed by atoms with Gasteiger partial charge in [0.25, 0.3) is 0 Å². The minimum absolute atomic E-state index is 0.475. The van der Waals surface area contributed by atoms with E-state index in [1.54, 1.807) is 0 Å². The Balaban J connectivity index is 1.49. The second-order valence-electron chi connectivity index (χ2n) is 6.33. The third-order valence-corrected chi connectivity index (χ3v) is 4.31. The lowest BCUT2D eigenvalue weighted by Crippen LogP contribution is -2.04. The molecule has 4 heteroatoms. The first-order valence-electron chi connectivity index (χ1n) is 9.20. The Labute approximate surface area is 169 Å². The normalized spacial score (nSPS) is 10.1. The van der Waals surface area contributed by atoms with Crippen LogP contribution in [-0.2, 0) is 0 Å². The molecule has 0 aliphatic heterocycles. The average molecular weight is 378 g/mol. The fourth-order valence-electron chi connectivity index (χ4n) is 2.89. The maximum atomic E-state index is 9.57. The smallest absolute Gasteiger partial charge is 0.329 e. The van der Waals surface area contributed by atoms with Crippen molar-refractivity contribution in [2.75, 3.05) is 0 Å². The molecule has 0 amide bonds. The molecule has 4 aromatic carbocycles. The molecule has 0 N–H and O–H groups in total. The van der Waals surface area contributed by atoms with E-state index in [9.17, 15) is 5.53 Å². The Hall–Kier alpha value is -4.14. The molecule has 0 atom stereocenters. The van der Waals surface area contributed by atoms with Crippen molar-refractivity contribution in [3.63, 3.8) is 0 Å². The van der Waals surface area contributed by atoms with Gasteiger partial charge in [-0.05, 0) is 72.8 Å². The number of para-hydroxylation sites is 2. The van der Waals surface area contributed by atoms with Crippen LogP contribution in [0.3, 0.4) is 0 Å². The molecule has 4 aromatic rings. The van der Waals surface area contributed by atoms with Gasteiger partial charge in [0.1, 0.15) is 23.0 Å². The molecule has 0 spiro atoms. The topological polar surface area (TPSA) is 54.9 Å². The van der Waals surface area contributed by atoms with Crippen LogP contribution in [0.15, 0.2) is 109 Å². The van der Waals surface area contributed by atoms with E-state index in [0.29, 0.717) is 17.2 Å². The summed E-state index contributed by atoms with van der Waals surface area (Å²) in [6.07, 6.45) is 0. The fraction of sp³-hybridized carbons (Fsp3) is 0. The number of ether oxygens (including phenoxy) is 2. The maximum absolute atomic E-state index is 9.57. The van der Waals surface area contributed by atoms with Gasteiger partial charge < -0.3 is 15.0 Å². The van der Waals surface area contributed by atoms with Crippen molar-refractivity contribution >= 4 is 5.71 Å². The molecule has 4 nitrogen and oxygen atoms in total. The van der Waals surface area contributed by atoms with Crippen molar-refractivity contribution < 1.29 is 14.3 Å². The van der Waals surface area contributed by atoms with Crippen LogP contribution in [0.4, 0.5) is 0 Å². The second kappa shape index (κ2) is 8.70. The van der Waals surface area contributed by atoms with E-state index in [1.807, 2.05) is 109 Å². The highest BCUT2D eigenvalue weighted by atomic mass is 16.5. The average Bonchev–Trinajstić information content (AvgIpc) is 2.78. The van der Waals surface area contributed by atoms with Crippen molar-refractivity contribution in [2.45, 2.75) is 0 Å². The van der Waals surface area contributed by atoms with Gasteiger partial charge in [0, 0.05) is 0 Å². The van der Waals surface area contributed by atoms with Crippen LogP contribution in [0.1, 0.15) is 11.1 Å². The molecule has 0 aliphatic carbocycles. The van der Waals surface area contributed by atoms with Gasteiger partial charge in [0.15, 0.2) is 0 Å². The predicted molar refractivity (Wildman–Crippen MR) is 113 cm³/mol. The van der Waals surface area contributed by atoms with Crippen LogP contribution in [-0.4, -0.2) is 10.5 Å². The van der Waals surface area contributed by atoms with Crippen molar-refractivity contribution in [1.82, 2.24) is 0 Å². The predicted octanol–water partition coefficient (Wildman–Crippen LogP) is 6.34. The van der Waals surface area contributed by atoms with E-state index in [2.05, 4.69) is 4.79 Å². The van der Waals surface area contributed by atoms with E-state index in [4.69, 9.17) is 9.47 Å². The van der Waals surface area contributed by atoms with Gasteiger partial charge in [-0.1, -0.05) is 36.4 Å². The molecule has 0 aliphatic rings. The number of nitrogens with zero attached hydrogens (tertiary/aromatic N) is 2. The molecule has 0 radical (unpaired) electrons. The highest BCUT2D eigenvalue weighted by Crippen LogP contribution is 2.24. The molecule has 0 saturated carbocycles. The van der Waals surface area contributed by atoms with Crippen molar-refractivity contribution in [3.8, 4) is 23.0 Å². The van der Waals surface area contributed by atoms with Gasteiger partial charge >= 0.3 is 5.71 Å². The van der Waals surface area contributed by atoms with Crippen LogP contribution >= 0.6 is 0 Å². The first kappa shape index (κ1) is 18.2. The van der Waals surface area contributed by atoms with Crippen molar-refractivity contribution in [3.05, 3.63) is 126 Å². The maximum Gasteiger partial charge on any atom is 0.329 e. The third-order valence-electron chi connectivity index (χ3n) is 4.31. The molecule has 29 heavy (non-hydrogen) atoms. The van der Waals surface area contributed by atoms with Gasteiger partial charge in [-0.3, -0.25) is 0 Å². The van der Waals surface area contributed by atoms with E-state index in [1.165, 1.54) is 0 Å². The van der Waals surface area contributed by atoms with E-state index in [0.717, 1.165) is 22.6 Å². The van der Waals surface area contributed by atoms with Crippen molar-refractivity contribution in [1.29, 1.82) is 0 Å². The van der Waals surface area contributed by atoms with Gasteiger partial charge in [-0.15, -0.1) is 0 Å². The summed E-state index contributed by atoms with van der Waals surface area (Å²) in [6.45, 7) is 0. The summed E-state index contributed by atoms with van der Waals surface area (Å²) in [7, 11) is 0. The Morgan fingerprint density at radius 3 is 1.17 bits per heavy atom. The molecule has 4 rings (SSSR count). The zero-order chi connectivity index (χ0) is 19.9. The van der Waals surface area contributed by atoms with Gasteiger partial charge in [0.05, 0.1) is 11.1 Å². The van der Waals surface area contributed by atoms with Crippen LogP contribution in [0.2, 0.25) is 0 Å². The second-order valence-corrected chi connectivity index (χ2v) is 6.33. The van der Waals surface area contributed by atoms with Crippen LogP contribution in [0.25, 0.3) is 5.53 Å². The summed E-state index contributed by atoms with van der Waals surface area (Å²) in [4.78, 5) is 3.49. The first-order chi connectivity index (χ1) is 14.3. The van der Waals surface area contributed by atoms with E-state index in [-0.39, 0.29) is 0 Å². The van der Waals surface area contributed by atoms with E-state index >= 15 is 0 Å².